The molecule has 0 bridgehead atoms. The van der Waals surface area contributed by atoms with E-state index in [1.54, 1.807) is 0 Å². The average Bonchev–Trinajstić information content (AvgIpc) is 3.11. The molecule has 0 saturated carbocycles. The second kappa shape index (κ2) is 13.4. The molecule has 2 aromatic carbocycles. The quantitative estimate of drug-likeness (QED) is 0.201. The van der Waals surface area contributed by atoms with Crippen molar-refractivity contribution in [1.29, 1.82) is 0 Å². The van der Waals surface area contributed by atoms with Gasteiger partial charge in [-0.1, -0.05) is 48.6 Å². The van der Waals surface area contributed by atoms with Crippen molar-refractivity contribution in [3.8, 4) is 0 Å². The van der Waals surface area contributed by atoms with Crippen molar-refractivity contribution in [1.82, 2.24) is 4.57 Å². The monoisotopic (exact) mass is 485 g/mol. The van der Waals surface area contributed by atoms with Gasteiger partial charge in [0.25, 0.3) is 19.5 Å². The molecular formula is C29H35NO2Si2. The van der Waals surface area contributed by atoms with E-state index in [0.29, 0.717) is 31.4 Å². The molecule has 3 nitrogen and oxygen atoms in total. The van der Waals surface area contributed by atoms with Gasteiger partial charge in [-0.2, -0.15) is 0 Å². The van der Waals surface area contributed by atoms with Gasteiger partial charge in [-0.05, 0) is 60.0 Å². The van der Waals surface area contributed by atoms with Gasteiger partial charge >= 0.3 is 0 Å². The minimum absolute atomic E-state index is 0.327. The minimum atomic E-state index is 0.327. The zero-order valence-electron chi connectivity index (χ0n) is 20.3. The van der Waals surface area contributed by atoms with E-state index in [4.69, 9.17) is 8.85 Å². The molecule has 1 heterocycles. The summed E-state index contributed by atoms with van der Waals surface area (Å²) in [5, 5.41) is 4.97. The molecular weight excluding hydrogens is 450 g/mol. The van der Waals surface area contributed by atoms with Gasteiger partial charge < -0.3 is 13.4 Å². The van der Waals surface area contributed by atoms with Crippen molar-refractivity contribution in [3.63, 3.8) is 0 Å². The zero-order chi connectivity index (χ0) is 24.3. The summed E-state index contributed by atoms with van der Waals surface area (Å²) in [6, 6.07) is 13.3. The second-order valence-electron chi connectivity index (χ2n) is 8.68. The van der Waals surface area contributed by atoms with E-state index < -0.39 is 0 Å². The van der Waals surface area contributed by atoms with Crippen LogP contribution in [0.2, 0.25) is 0 Å². The SMILES string of the molecule is C=CCC(CC=C)CO[Si]c1ccc2c(c1)c1cc([Si]OCC(CC=C)CC=C)ccc1n2C. The Hall–Kier alpha value is -2.45. The molecule has 3 aromatic rings. The van der Waals surface area contributed by atoms with Crippen LogP contribution in [-0.4, -0.2) is 37.3 Å². The largest absolute Gasteiger partial charge is 0.411 e. The number of aryl methyl sites for hydroxylation is 1. The van der Waals surface area contributed by atoms with Crippen molar-refractivity contribution in [2.24, 2.45) is 18.9 Å². The van der Waals surface area contributed by atoms with E-state index in [1.165, 1.54) is 32.2 Å². The standard InChI is InChI=1S/C29H35NO2Si2/c1-6-10-22(11-7-2)20-31-33-24-14-16-28-26(18-24)27-19-25(15-17-29(27)30(28)5)34-32-21-23(12-8-3)13-9-4/h6-9,14-19,22-23H,1-4,10-13,20-21H2,5H3. The van der Waals surface area contributed by atoms with Crippen LogP contribution in [0.25, 0.3) is 21.8 Å². The first-order chi connectivity index (χ1) is 16.6. The van der Waals surface area contributed by atoms with Gasteiger partial charge in [0, 0.05) is 42.1 Å². The van der Waals surface area contributed by atoms with E-state index in [-0.39, 0.29) is 0 Å². The lowest BCUT2D eigenvalue weighted by Gasteiger charge is -2.13. The molecule has 1 aromatic heterocycles. The van der Waals surface area contributed by atoms with Gasteiger partial charge in [0.15, 0.2) is 0 Å². The molecule has 0 spiro atoms. The Bertz CT molecular complexity index is 1030. The number of rotatable bonds is 16. The van der Waals surface area contributed by atoms with Crippen molar-refractivity contribution < 1.29 is 8.85 Å². The van der Waals surface area contributed by atoms with E-state index in [9.17, 15) is 0 Å². The highest BCUT2D eigenvalue weighted by molar-refractivity contribution is 6.48. The van der Waals surface area contributed by atoms with Crippen LogP contribution in [0.1, 0.15) is 25.7 Å². The maximum Gasteiger partial charge on any atom is 0.268 e. The third-order valence-corrected chi connectivity index (χ3v) is 7.74. The van der Waals surface area contributed by atoms with Gasteiger partial charge in [0.1, 0.15) is 0 Å². The fourth-order valence-corrected chi connectivity index (χ4v) is 5.92. The Labute approximate surface area is 209 Å². The second-order valence-corrected chi connectivity index (χ2v) is 10.8. The lowest BCUT2D eigenvalue weighted by atomic mass is 10.0. The predicted octanol–water partition coefficient (Wildman–Crippen LogP) is 5.39. The number of allylic oxidation sites excluding steroid dienone is 4. The molecule has 4 radical (unpaired) electrons. The summed E-state index contributed by atoms with van der Waals surface area (Å²) in [4.78, 5) is 0. The highest BCUT2D eigenvalue weighted by Gasteiger charge is 2.13. The molecule has 0 amide bonds. The van der Waals surface area contributed by atoms with Gasteiger partial charge in [0.2, 0.25) is 0 Å². The lowest BCUT2D eigenvalue weighted by Crippen LogP contribution is -2.21. The first-order valence-corrected chi connectivity index (χ1v) is 13.6. The summed E-state index contributed by atoms with van der Waals surface area (Å²) in [6.07, 6.45) is 11.7. The first kappa shape index (κ1) is 26.2. The summed E-state index contributed by atoms with van der Waals surface area (Å²) in [5.41, 5.74) is 2.47. The molecule has 3 rings (SSSR count). The summed E-state index contributed by atoms with van der Waals surface area (Å²) in [7, 11) is 2.78. The molecule has 0 aliphatic carbocycles. The fraction of sp³-hybridized carbons (Fsp3) is 0.310. The average molecular weight is 486 g/mol. The summed E-state index contributed by atoms with van der Waals surface area (Å²) < 4.78 is 14.4. The summed E-state index contributed by atoms with van der Waals surface area (Å²) in [6.45, 7) is 16.9. The molecule has 0 saturated heterocycles. The summed E-state index contributed by atoms with van der Waals surface area (Å²) >= 11 is 0. The maximum atomic E-state index is 6.09. The smallest absolute Gasteiger partial charge is 0.268 e. The maximum absolute atomic E-state index is 6.09. The Balaban J connectivity index is 1.73. The van der Waals surface area contributed by atoms with Crippen LogP contribution >= 0.6 is 0 Å². The highest BCUT2D eigenvalue weighted by atomic mass is 28.2. The molecule has 0 aliphatic heterocycles. The molecule has 176 valence electrons. The van der Waals surface area contributed by atoms with Crippen molar-refractivity contribution in [3.05, 3.63) is 87.0 Å². The van der Waals surface area contributed by atoms with Gasteiger partial charge in [-0.25, -0.2) is 0 Å². The number of hydrogen-bond donors (Lipinski definition) is 0. The van der Waals surface area contributed by atoms with Gasteiger partial charge in [-0.15, -0.1) is 26.3 Å². The van der Waals surface area contributed by atoms with Crippen LogP contribution < -0.4 is 10.4 Å². The van der Waals surface area contributed by atoms with Gasteiger partial charge in [0.05, 0.1) is 0 Å². The molecule has 0 aliphatic rings. The van der Waals surface area contributed by atoms with Crippen LogP contribution in [0.5, 0.6) is 0 Å². The Morgan fingerprint density at radius 1 is 0.706 bits per heavy atom. The predicted molar refractivity (Wildman–Crippen MR) is 149 cm³/mol. The van der Waals surface area contributed by atoms with E-state index in [1.807, 2.05) is 24.3 Å². The fourth-order valence-electron chi connectivity index (χ4n) is 4.24. The van der Waals surface area contributed by atoms with Crippen molar-refractivity contribution in [2.75, 3.05) is 13.2 Å². The molecule has 0 atom stereocenters. The summed E-state index contributed by atoms with van der Waals surface area (Å²) in [5.74, 6) is 0.898. The minimum Gasteiger partial charge on any atom is -0.411 e. The molecule has 0 unspecified atom stereocenters. The van der Waals surface area contributed by atoms with Crippen LogP contribution in [0, 0.1) is 11.8 Å². The van der Waals surface area contributed by atoms with Crippen LogP contribution in [-0.2, 0) is 15.9 Å². The van der Waals surface area contributed by atoms with E-state index in [2.05, 4.69) is 74.3 Å². The molecule has 34 heavy (non-hydrogen) atoms. The zero-order valence-corrected chi connectivity index (χ0v) is 22.3. The Morgan fingerprint density at radius 2 is 1.09 bits per heavy atom. The first-order valence-electron chi connectivity index (χ1n) is 11.8. The topological polar surface area (TPSA) is 23.4 Å². The Morgan fingerprint density at radius 3 is 1.44 bits per heavy atom. The number of benzene rings is 2. The third-order valence-electron chi connectivity index (χ3n) is 6.02. The van der Waals surface area contributed by atoms with Crippen LogP contribution in [0.15, 0.2) is 87.0 Å². The van der Waals surface area contributed by atoms with Gasteiger partial charge in [-0.3, -0.25) is 0 Å². The van der Waals surface area contributed by atoms with Crippen LogP contribution in [0.4, 0.5) is 0 Å². The van der Waals surface area contributed by atoms with E-state index in [0.717, 1.165) is 38.9 Å². The van der Waals surface area contributed by atoms with Crippen LogP contribution in [0.3, 0.4) is 0 Å². The normalized spacial score (nSPS) is 11.5. The van der Waals surface area contributed by atoms with Crippen molar-refractivity contribution in [2.45, 2.75) is 25.7 Å². The molecule has 0 N–H and O–H groups in total. The Kier molecular flexibility index (Phi) is 10.3. The lowest BCUT2D eigenvalue weighted by molar-refractivity contribution is 0.266. The third kappa shape index (κ3) is 6.79. The highest BCUT2D eigenvalue weighted by Crippen LogP contribution is 2.26. The number of hydrogen-bond acceptors (Lipinski definition) is 2. The van der Waals surface area contributed by atoms with E-state index >= 15 is 0 Å². The number of aromatic nitrogens is 1. The molecule has 0 fully saturated rings. The number of fused-ring (bicyclic) bond motifs is 3. The van der Waals surface area contributed by atoms with Crippen molar-refractivity contribution >= 4 is 51.7 Å². The molecule has 5 heteroatoms. The number of nitrogens with zero attached hydrogens (tertiary/aromatic N) is 1.